The number of nitrogens with zero attached hydrogens (tertiary/aromatic N) is 1. The van der Waals surface area contributed by atoms with Crippen LogP contribution in [-0.2, 0) is 0 Å². The maximum absolute atomic E-state index is 13.1. The van der Waals surface area contributed by atoms with Crippen molar-refractivity contribution in [2.24, 2.45) is 11.8 Å². The van der Waals surface area contributed by atoms with Crippen molar-refractivity contribution in [2.45, 2.75) is 26.7 Å². The number of hydrogen-bond acceptors (Lipinski definition) is 2. The molecule has 0 aliphatic carbocycles. The summed E-state index contributed by atoms with van der Waals surface area (Å²) >= 11 is 0. The van der Waals surface area contributed by atoms with Gasteiger partial charge in [0.05, 0.1) is 0 Å². The molecule has 1 aliphatic rings. The minimum atomic E-state index is -0.349. The molecule has 0 bridgehead atoms. The SMILES string of the molecule is CC(C)C1CCN(c2ccc(F)cc2C=O)CC1. The van der Waals surface area contributed by atoms with Crippen LogP contribution in [0.2, 0.25) is 0 Å². The average molecular weight is 249 g/mol. The van der Waals surface area contributed by atoms with Crippen LogP contribution in [-0.4, -0.2) is 19.4 Å². The molecular weight excluding hydrogens is 229 g/mol. The molecule has 1 heterocycles. The van der Waals surface area contributed by atoms with Gasteiger partial charge in [-0.1, -0.05) is 13.8 Å². The Labute approximate surface area is 108 Å². The normalized spacial score (nSPS) is 17.2. The van der Waals surface area contributed by atoms with Gasteiger partial charge in [0.2, 0.25) is 0 Å². The summed E-state index contributed by atoms with van der Waals surface area (Å²) in [6.45, 7) is 6.43. The van der Waals surface area contributed by atoms with E-state index >= 15 is 0 Å². The van der Waals surface area contributed by atoms with Gasteiger partial charge >= 0.3 is 0 Å². The van der Waals surface area contributed by atoms with Crippen LogP contribution in [0.15, 0.2) is 18.2 Å². The van der Waals surface area contributed by atoms with Gasteiger partial charge in [-0.15, -0.1) is 0 Å². The van der Waals surface area contributed by atoms with Gasteiger partial charge in [0.25, 0.3) is 0 Å². The Kier molecular flexibility index (Phi) is 4.00. The maximum atomic E-state index is 13.1. The topological polar surface area (TPSA) is 20.3 Å². The highest BCUT2D eigenvalue weighted by Gasteiger charge is 2.22. The van der Waals surface area contributed by atoms with Gasteiger partial charge in [0, 0.05) is 24.3 Å². The molecule has 1 saturated heterocycles. The fourth-order valence-electron chi connectivity index (χ4n) is 2.71. The first-order valence-electron chi connectivity index (χ1n) is 6.61. The average Bonchev–Trinajstić information content (AvgIpc) is 2.38. The number of piperidine rings is 1. The molecule has 0 aromatic heterocycles. The Morgan fingerprint density at radius 2 is 2.00 bits per heavy atom. The number of halogens is 1. The van der Waals surface area contributed by atoms with Crippen molar-refractivity contribution < 1.29 is 9.18 Å². The lowest BCUT2D eigenvalue weighted by Gasteiger charge is -2.35. The molecular formula is C15H20FNO. The van der Waals surface area contributed by atoms with Crippen molar-refractivity contribution in [1.82, 2.24) is 0 Å². The van der Waals surface area contributed by atoms with Crippen LogP contribution in [0.1, 0.15) is 37.0 Å². The molecule has 0 unspecified atom stereocenters. The summed E-state index contributed by atoms with van der Waals surface area (Å²) in [6, 6.07) is 4.46. The van der Waals surface area contributed by atoms with E-state index in [2.05, 4.69) is 18.7 Å². The monoisotopic (exact) mass is 249 g/mol. The quantitative estimate of drug-likeness (QED) is 0.764. The molecule has 0 spiro atoms. The standard InChI is InChI=1S/C15H20FNO/c1-11(2)12-5-7-17(8-6-12)15-4-3-14(16)9-13(15)10-18/h3-4,9-12H,5-8H2,1-2H3. The van der Waals surface area contributed by atoms with Gasteiger partial charge in [0.15, 0.2) is 6.29 Å². The number of aldehydes is 1. The number of benzene rings is 1. The first-order valence-corrected chi connectivity index (χ1v) is 6.61. The van der Waals surface area contributed by atoms with Gasteiger partial charge < -0.3 is 4.90 Å². The molecule has 0 amide bonds. The highest BCUT2D eigenvalue weighted by molar-refractivity contribution is 5.84. The van der Waals surface area contributed by atoms with Gasteiger partial charge in [-0.05, 0) is 42.9 Å². The minimum absolute atomic E-state index is 0.349. The molecule has 2 rings (SSSR count). The van der Waals surface area contributed by atoms with Crippen LogP contribution in [0.25, 0.3) is 0 Å². The third kappa shape index (κ3) is 2.71. The number of hydrogen-bond donors (Lipinski definition) is 0. The lowest BCUT2D eigenvalue weighted by atomic mass is 9.86. The van der Waals surface area contributed by atoms with E-state index in [9.17, 15) is 9.18 Å². The Hall–Kier alpha value is -1.38. The third-order valence-electron chi connectivity index (χ3n) is 3.94. The summed E-state index contributed by atoms with van der Waals surface area (Å²) < 4.78 is 13.1. The summed E-state index contributed by atoms with van der Waals surface area (Å²) in [6.07, 6.45) is 3.04. The van der Waals surface area contributed by atoms with Crippen LogP contribution in [0.5, 0.6) is 0 Å². The number of anilines is 1. The highest BCUT2D eigenvalue weighted by atomic mass is 19.1. The second-order valence-corrected chi connectivity index (χ2v) is 5.39. The molecule has 3 heteroatoms. The molecule has 0 atom stereocenters. The maximum Gasteiger partial charge on any atom is 0.152 e. The van der Waals surface area contributed by atoms with Crippen LogP contribution < -0.4 is 4.90 Å². The number of rotatable bonds is 3. The van der Waals surface area contributed by atoms with Crippen LogP contribution in [0.3, 0.4) is 0 Å². The first-order chi connectivity index (χ1) is 8.61. The Morgan fingerprint density at radius 3 is 2.56 bits per heavy atom. The van der Waals surface area contributed by atoms with Gasteiger partial charge in [-0.3, -0.25) is 4.79 Å². The molecule has 1 fully saturated rings. The molecule has 0 N–H and O–H groups in total. The fraction of sp³-hybridized carbons (Fsp3) is 0.533. The lowest BCUT2D eigenvalue weighted by Crippen LogP contribution is -2.35. The van der Waals surface area contributed by atoms with E-state index in [1.807, 2.05) is 0 Å². The van der Waals surface area contributed by atoms with Crippen molar-refractivity contribution in [3.8, 4) is 0 Å². The predicted molar refractivity (Wildman–Crippen MR) is 71.6 cm³/mol. The summed E-state index contributed by atoms with van der Waals surface area (Å²) in [5.74, 6) is 1.13. The fourth-order valence-corrected chi connectivity index (χ4v) is 2.71. The van der Waals surface area contributed by atoms with Crippen molar-refractivity contribution in [1.29, 1.82) is 0 Å². The Morgan fingerprint density at radius 1 is 1.33 bits per heavy atom. The van der Waals surface area contributed by atoms with Gasteiger partial charge in [-0.2, -0.15) is 0 Å². The van der Waals surface area contributed by atoms with Crippen LogP contribution in [0, 0.1) is 17.7 Å². The van der Waals surface area contributed by atoms with Crippen molar-refractivity contribution in [3.05, 3.63) is 29.6 Å². The molecule has 1 aliphatic heterocycles. The van der Waals surface area contributed by atoms with Gasteiger partial charge in [0.1, 0.15) is 5.82 Å². The molecule has 1 aromatic rings. The Balaban J connectivity index is 2.12. The summed E-state index contributed by atoms with van der Waals surface area (Å²) in [4.78, 5) is 13.2. The molecule has 0 radical (unpaired) electrons. The van der Waals surface area contributed by atoms with E-state index in [-0.39, 0.29) is 5.82 Å². The van der Waals surface area contributed by atoms with E-state index < -0.39 is 0 Å². The van der Waals surface area contributed by atoms with Crippen LogP contribution in [0.4, 0.5) is 10.1 Å². The van der Waals surface area contributed by atoms with Crippen molar-refractivity contribution in [2.75, 3.05) is 18.0 Å². The van der Waals surface area contributed by atoms with Crippen LogP contribution >= 0.6 is 0 Å². The van der Waals surface area contributed by atoms with Gasteiger partial charge in [-0.25, -0.2) is 4.39 Å². The Bertz CT molecular complexity index is 423. The van der Waals surface area contributed by atoms with Crippen molar-refractivity contribution in [3.63, 3.8) is 0 Å². The zero-order valence-electron chi connectivity index (χ0n) is 11.0. The molecule has 98 valence electrons. The van der Waals surface area contributed by atoms with E-state index in [1.54, 1.807) is 6.07 Å². The smallest absolute Gasteiger partial charge is 0.152 e. The van der Waals surface area contributed by atoms with E-state index in [0.717, 1.165) is 43.8 Å². The number of carbonyl (C=O) groups is 1. The highest BCUT2D eigenvalue weighted by Crippen LogP contribution is 2.29. The molecule has 18 heavy (non-hydrogen) atoms. The lowest BCUT2D eigenvalue weighted by molar-refractivity contribution is 0.112. The zero-order chi connectivity index (χ0) is 13.1. The second kappa shape index (κ2) is 5.51. The predicted octanol–water partition coefficient (Wildman–Crippen LogP) is 3.51. The second-order valence-electron chi connectivity index (χ2n) is 5.39. The third-order valence-corrected chi connectivity index (χ3v) is 3.94. The van der Waals surface area contributed by atoms with E-state index in [0.29, 0.717) is 11.5 Å². The molecule has 0 saturated carbocycles. The summed E-state index contributed by atoms with van der Waals surface area (Å²) in [7, 11) is 0. The molecule has 1 aromatic carbocycles. The zero-order valence-corrected chi connectivity index (χ0v) is 11.0. The van der Waals surface area contributed by atoms with E-state index in [4.69, 9.17) is 0 Å². The summed E-state index contributed by atoms with van der Waals surface area (Å²) in [5, 5.41) is 0. The minimum Gasteiger partial charge on any atom is -0.371 e. The first kappa shape index (κ1) is 13.1. The molecule has 2 nitrogen and oxygen atoms in total. The number of carbonyl (C=O) groups excluding carboxylic acids is 1. The largest absolute Gasteiger partial charge is 0.371 e. The summed E-state index contributed by atoms with van der Waals surface area (Å²) in [5.41, 5.74) is 1.33. The van der Waals surface area contributed by atoms with Crippen molar-refractivity contribution >= 4 is 12.0 Å². The van der Waals surface area contributed by atoms with E-state index in [1.165, 1.54) is 12.1 Å².